The highest BCUT2D eigenvalue weighted by atomic mass is 35.5. The normalized spacial score (nSPS) is 17.2. The number of rotatable bonds is 5. The smallest absolute Gasteiger partial charge is 0.311 e. The van der Waals surface area contributed by atoms with E-state index < -0.39 is 11.4 Å². The summed E-state index contributed by atoms with van der Waals surface area (Å²) in [7, 11) is 0. The SMILES string of the molecule is O=C(Cc1ccc(Cl)cc1)NCC1(C(=O)O)CCOCC1. The average Bonchev–Trinajstić information content (AvgIpc) is 2.48. The molecule has 5 nitrogen and oxygen atoms in total. The van der Waals surface area contributed by atoms with E-state index in [4.69, 9.17) is 16.3 Å². The maximum absolute atomic E-state index is 11.9. The number of aliphatic carboxylic acids is 1. The first-order valence-corrected chi connectivity index (χ1v) is 7.22. The van der Waals surface area contributed by atoms with E-state index in [-0.39, 0.29) is 18.9 Å². The first-order valence-electron chi connectivity index (χ1n) is 6.84. The van der Waals surface area contributed by atoms with Gasteiger partial charge in [-0.15, -0.1) is 0 Å². The molecule has 2 rings (SSSR count). The van der Waals surface area contributed by atoms with Crippen molar-refractivity contribution in [2.24, 2.45) is 5.41 Å². The number of nitrogens with one attached hydrogen (secondary N) is 1. The van der Waals surface area contributed by atoms with Gasteiger partial charge in [0.1, 0.15) is 0 Å². The van der Waals surface area contributed by atoms with Crippen LogP contribution >= 0.6 is 11.6 Å². The highest BCUT2D eigenvalue weighted by Crippen LogP contribution is 2.30. The second-order valence-corrected chi connectivity index (χ2v) is 5.71. The standard InChI is InChI=1S/C15H18ClNO4/c16-12-3-1-11(2-4-12)9-13(18)17-10-15(14(19)20)5-7-21-8-6-15/h1-4H,5-10H2,(H,17,18)(H,19,20). The molecule has 1 aliphatic rings. The van der Waals surface area contributed by atoms with Gasteiger partial charge in [-0.05, 0) is 30.5 Å². The molecule has 21 heavy (non-hydrogen) atoms. The number of carbonyl (C=O) groups excluding carboxylic acids is 1. The van der Waals surface area contributed by atoms with E-state index in [0.29, 0.717) is 31.1 Å². The van der Waals surface area contributed by atoms with Gasteiger partial charge in [-0.25, -0.2) is 0 Å². The summed E-state index contributed by atoms with van der Waals surface area (Å²) in [5, 5.41) is 12.7. The summed E-state index contributed by atoms with van der Waals surface area (Å²) in [4.78, 5) is 23.4. The van der Waals surface area contributed by atoms with Crippen molar-refractivity contribution in [3.63, 3.8) is 0 Å². The molecule has 1 amide bonds. The Bertz CT molecular complexity index is 509. The molecule has 0 unspecified atom stereocenters. The molecular weight excluding hydrogens is 294 g/mol. The number of ether oxygens (including phenoxy) is 1. The van der Waals surface area contributed by atoms with Crippen molar-refractivity contribution in [2.75, 3.05) is 19.8 Å². The largest absolute Gasteiger partial charge is 0.481 e. The predicted octanol–water partition coefficient (Wildman–Crippen LogP) is 1.88. The minimum absolute atomic E-state index is 0.137. The molecule has 1 aliphatic heterocycles. The monoisotopic (exact) mass is 311 g/mol. The first-order chi connectivity index (χ1) is 10.0. The van der Waals surface area contributed by atoms with Gasteiger partial charge in [0.15, 0.2) is 0 Å². The number of hydrogen-bond acceptors (Lipinski definition) is 3. The van der Waals surface area contributed by atoms with Gasteiger partial charge in [-0.3, -0.25) is 9.59 Å². The summed E-state index contributed by atoms with van der Waals surface area (Å²) in [6, 6.07) is 7.01. The molecule has 0 aromatic heterocycles. The van der Waals surface area contributed by atoms with E-state index >= 15 is 0 Å². The van der Waals surface area contributed by atoms with E-state index in [0.717, 1.165) is 5.56 Å². The van der Waals surface area contributed by atoms with Gasteiger partial charge in [-0.2, -0.15) is 0 Å². The van der Waals surface area contributed by atoms with Gasteiger partial charge < -0.3 is 15.2 Å². The number of carboxylic acid groups (broad SMARTS) is 1. The van der Waals surface area contributed by atoms with E-state index in [2.05, 4.69) is 5.32 Å². The van der Waals surface area contributed by atoms with Gasteiger partial charge in [0.05, 0.1) is 11.8 Å². The molecule has 6 heteroatoms. The Morgan fingerprint density at radius 1 is 1.24 bits per heavy atom. The van der Waals surface area contributed by atoms with Crippen LogP contribution in [0.4, 0.5) is 0 Å². The van der Waals surface area contributed by atoms with Gasteiger partial charge in [-0.1, -0.05) is 23.7 Å². The maximum atomic E-state index is 11.9. The fourth-order valence-electron chi connectivity index (χ4n) is 2.35. The second-order valence-electron chi connectivity index (χ2n) is 5.28. The highest BCUT2D eigenvalue weighted by Gasteiger charge is 2.40. The Labute approximate surface area is 128 Å². The summed E-state index contributed by atoms with van der Waals surface area (Å²) < 4.78 is 5.20. The molecule has 0 spiro atoms. The number of carboxylic acids is 1. The van der Waals surface area contributed by atoms with Crippen LogP contribution in [0.15, 0.2) is 24.3 Å². The van der Waals surface area contributed by atoms with Crippen molar-refractivity contribution in [3.8, 4) is 0 Å². The number of halogens is 1. The zero-order valence-electron chi connectivity index (χ0n) is 11.6. The van der Waals surface area contributed by atoms with Crippen molar-refractivity contribution < 1.29 is 19.4 Å². The molecule has 1 saturated heterocycles. The van der Waals surface area contributed by atoms with Crippen molar-refractivity contribution in [1.29, 1.82) is 0 Å². The molecule has 0 atom stereocenters. The fourth-order valence-corrected chi connectivity index (χ4v) is 2.47. The molecule has 0 bridgehead atoms. The van der Waals surface area contributed by atoms with Crippen LogP contribution in [0.1, 0.15) is 18.4 Å². The topological polar surface area (TPSA) is 75.6 Å². The van der Waals surface area contributed by atoms with E-state index in [9.17, 15) is 14.7 Å². The average molecular weight is 312 g/mol. The number of amides is 1. The third-order valence-electron chi connectivity index (χ3n) is 3.81. The molecular formula is C15H18ClNO4. The van der Waals surface area contributed by atoms with E-state index in [1.165, 1.54) is 0 Å². The highest BCUT2D eigenvalue weighted by molar-refractivity contribution is 6.30. The van der Waals surface area contributed by atoms with Gasteiger partial charge in [0.2, 0.25) is 5.91 Å². The fraction of sp³-hybridized carbons (Fsp3) is 0.467. The van der Waals surface area contributed by atoms with Crippen molar-refractivity contribution in [2.45, 2.75) is 19.3 Å². The number of benzene rings is 1. The number of carbonyl (C=O) groups is 2. The van der Waals surface area contributed by atoms with Gasteiger partial charge in [0.25, 0.3) is 0 Å². The molecule has 114 valence electrons. The zero-order chi connectivity index (χ0) is 15.3. The second kappa shape index (κ2) is 6.91. The maximum Gasteiger partial charge on any atom is 0.311 e. The van der Waals surface area contributed by atoms with Crippen LogP contribution in [0.2, 0.25) is 5.02 Å². The summed E-state index contributed by atoms with van der Waals surface area (Å²) in [5.74, 6) is -1.07. The Balaban J connectivity index is 1.90. The Kier molecular flexibility index (Phi) is 5.20. The Morgan fingerprint density at radius 3 is 2.43 bits per heavy atom. The third-order valence-corrected chi connectivity index (χ3v) is 4.06. The van der Waals surface area contributed by atoms with Crippen molar-refractivity contribution in [3.05, 3.63) is 34.9 Å². The van der Waals surface area contributed by atoms with E-state index in [1.54, 1.807) is 24.3 Å². The van der Waals surface area contributed by atoms with Gasteiger partial charge >= 0.3 is 5.97 Å². The molecule has 1 heterocycles. The number of hydrogen-bond donors (Lipinski definition) is 2. The third kappa shape index (κ3) is 4.19. The van der Waals surface area contributed by atoms with Crippen LogP contribution in [-0.2, 0) is 20.7 Å². The summed E-state index contributed by atoms with van der Waals surface area (Å²) in [6.45, 7) is 0.969. The molecule has 0 radical (unpaired) electrons. The Morgan fingerprint density at radius 2 is 1.86 bits per heavy atom. The molecule has 0 saturated carbocycles. The van der Waals surface area contributed by atoms with Crippen LogP contribution in [0.5, 0.6) is 0 Å². The van der Waals surface area contributed by atoms with Crippen LogP contribution < -0.4 is 5.32 Å². The lowest BCUT2D eigenvalue weighted by Gasteiger charge is -2.33. The minimum Gasteiger partial charge on any atom is -0.481 e. The lowest BCUT2D eigenvalue weighted by molar-refractivity contribution is -0.154. The summed E-state index contributed by atoms with van der Waals surface area (Å²) >= 11 is 5.79. The van der Waals surface area contributed by atoms with Crippen molar-refractivity contribution in [1.82, 2.24) is 5.32 Å². The van der Waals surface area contributed by atoms with Crippen LogP contribution in [0, 0.1) is 5.41 Å². The lowest BCUT2D eigenvalue weighted by atomic mass is 9.80. The molecule has 2 N–H and O–H groups in total. The van der Waals surface area contributed by atoms with Crippen LogP contribution in [0.25, 0.3) is 0 Å². The first kappa shape index (κ1) is 15.8. The Hall–Kier alpha value is -1.59. The van der Waals surface area contributed by atoms with Crippen LogP contribution in [-0.4, -0.2) is 36.7 Å². The molecule has 0 aliphatic carbocycles. The quantitative estimate of drug-likeness (QED) is 0.870. The predicted molar refractivity (Wildman–Crippen MR) is 78.3 cm³/mol. The van der Waals surface area contributed by atoms with Crippen molar-refractivity contribution >= 4 is 23.5 Å². The molecule has 1 aromatic rings. The lowest BCUT2D eigenvalue weighted by Crippen LogP contribution is -2.46. The minimum atomic E-state index is -0.909. The molecule has 1 fully saturated rings. The molecule has 1 aromatic carbocycles. The zero-order valence-corrected chi connectivity index (χ0v) is 12.4. The summed E-state index contributed by atoms with van der Waals surface area (Å²) in [5.41, 5.74) is -0.0678. The summed E-state index contributed by atoms with van der Waals surface area (Å²) in [6.07, 6.45) is 1.05. The van der Waals surface area contributed by atoms with Gasteiger partial charge in [0, 0.05) is 24.8 Å². The van der Waals surface area contributed by atoms with Crippen LogP contribution in [0.3, 0.4) is 0 Å². The van der Waals surface area contributed by atoms with E-state index in [1.807, 2.05) is 0 Å².